The lowest BCUT2D eigenvalue weighted by Gasteiger charge is -2.13. The van der Waals surface area contributed by atoms with Crippen LogP contribution in [0.15, 0.2) is 47.8 Å². The molecule has 160 valence electrons. The number of carboxylic acids is 1. The quantitative estimate of drug-likeness (QED) is 0.538. The van der Waals surface area contributed by atoms with E-state index in [2.05, 4.69) is 40.9 Å². The summed E-state index contributed by atoms with van der Waals surface area (Å²) in [5.74, 6) is 0.566. The molecule has 2 aromatic heterocycles. The lowest BCUT2D eigenvalue weighted by Crippen LogP contribution is -2.06. The average Bonchev–Trinajstić information content (AvgIpc) is 3.18. The summed E-state index contributed by atoms with van der Waals surface area (Å²) in [5, 5.41) is 9.07. The molecule has 3 heterocycles. The van der Waals surface area contributed by atoms with Gasteiger partial charge in [-0.1, -0.05) is 32.0 Å². The molecule has 6 nitrogen and oxygen atoms in total. The predicted octanol–water partition coefficient (Wildman–Crippen LogP) is 4.91. The molecule has 1 aliphatic rings. The van der Waals surface area contributed by atoms with Crippen molar-refractivity contribution in [2.24, 2.45) is 0 Å². The second-order valence-corrected chi connectivity index (χ2v) is 8.57. The Bertz CT molecular complexity index is 1080. The maximum atomic E-state index is 11.0. The van der Waals surface area contributed by atoms with Crippen LogP contribution in [0.2, 0.25) is 0 Å². The van der Waals surface area contributed by atoms with Crippen LogP contribution >= 0.6 is 11.8 Å². The fourth-order valence-corrected chi connectivity index (χ4v) is 5.16. The summed E-state index contributed by atoms with van der Waals surface area (Å²) in [5.41, 5.74) is 6.38. The van der Waals surface area contributed by atoms with Crippen molar-refractivity contribution in [3.05, 3.63) is 65.4 Å². The molecule has 0 fully saturated rings. The van der Waals surface area contributed by atoms with E-state index in [-0.39, 0.29) is 12.3 Å². The number of pyridine rings is 1. The van der Waals surface area contributed by atoms with Crippen molar-refractivity contribution in [2.75, 3.05) is 5.75 Å². The highest BCUT2D eigenvalue weighted by Gasteiger charge is 2.26. The van der Waals surface area contributed by atoms with Gasteiger partial charge in [0.1, 0.15) is 12.9 Å². The van der Waals surface area contributed by atoms with Gasteiger partial charge in [-0.25, -0.2) is 15.0 Å². The maximum absolute atomic E-state index is 11.0. The molecule has 1 atom stereocenters. The summed E-state index contributed by atoms with van der Waals surface area (Å²) >= 11 is 1.66. The SMILES string of the molecule is CCc1ncnc(CC)c1-c1cccc(COc2cc3c(cn2)[C@H](CC(=O)O)CS3)c1. The van der Waals surface area contributed by atoms with E-state index in [1.165, 1.54) is 0 Å². The van der Waals surface area contributed by atoms with E-state index >= 15 is 0 Å². The van der Waals surface area contributed by atoms with Gasteiger partial charge in [-0.15, -0.1) is 11.8 Å². The number of ether oxygens (including phenoxy) is 1. The minimum absolute atomic E-state index is 0.0179. The number of carbonyl (C=O) groups is 1. The van der Waals surface area contributed by atoms with Gasteiger partial charge in [0.15, 0.2) is 0 Å². The first-order valence-electron chi connectivity index (χ1n) is 10.5. The van der Waals surface area contributed by atoms with Crippen molar-refractivity contribution in [3.63, 3.8) is 0 Å². The number of aliphatic carboxylic acids is 1. The second kappa shape index (κ2) is 9.47. The Labute approximate surface area is 186 Å². The van der Waals surface area contributed by atoms with E-state index in [4.69, 9.17) is 9.84 Å². The van der Waals surface area contributed by atoms with Gasteiger partial charge in [0.2, 0.25) is 5.88 Å². The number of aromatic nitrogens is 3. The number of fused-ring (bicyclic) bond motifs is 1. The molecule has 0 aliphatic carbocycles. The van der Waals surface area contributed by atoms with Crippen molar-refractivity contribution in [2.45, 2.75) is 50.5 Å². The van der Waals surface area contributed by atoms with Gasteiger partial charge in [0.25, 0.3) is 0 Å². The number of benzene rings is 1. The largest absolute Gasteiger partial charge is 0.481 e. The normalized spacial score (nSPS) is 15.0. The Hall–Kier alpha value is -2.93. The molecule has 0 radical (unpaired) electrons. The lowest BCUT2D eigenvalue weighted by atomic mass is 9.98. The molecule has 0 saturated heterocycles. The van der Waals surface area contributed by atoms with Crippen LogP contribution in [0.4, 0.5) is 0 Å². The van der Waals surface area contributed by atoms with E-state index in [0.29, 0.717) is 12.5 Å². The van der Waals surface area contributed by atoms with Crippen LogP contribution in [-0.4, -0.2) is 31.8 Å². The second-order valence-electron chi connectivity index (χ2n) is 7.50. The summed E-state index contributed by atoms with van der Waals surface area (Å²) in [6, 6.07) is 10.2. The van der Waals surface area contributed by atoms with Crippen molar-refractivity contribution in [3.8, 4) is 17.0 Å². The Balaban J connectivity index is 1.51. The van der Waals surface area contributed by atoms with Crippen LogP contribution in [0, 0.1) is 0 Å². The standard InChI is InChI=1S/C24H25N3O3S/c1-3-19-24(20(4-2)27-14-26-19)16-7-5-6-15(8-16)12-30-22-10-21-18(11-25-22)17(13-31-21)9-23(28)29/h5-8,10-11,14,17H,3-4,9,12-13H2,1-2H3,(H,28,29)/t17-/m1/s1. The van der Waals surface area contributed by atoms with Crippen molar-refractivity contribution < 1.29 is 14.6 Å². The van der Waals surface area contributed by atoms with E-state index in [9.17, 15) is 4.79 Å². The molecule has 0 saturated carbocycles. The van der Waals surface area contributed by atoms with Crippen LogP contribution in [0.5, 0.6) is 5.88 Å². The molecular formula is C24H25N3O3S. The highest BCUT2D eigenvalue weighted by atomic mass is 32.2. The van der Waals surface area contributed by atoms with E-state index in [1.54, 1.807) is 24.3 Å². The number of rotatable bonds is 8. The van der Waals surface area contributed by atoms with Gasteiger partial charge in [0, 0.05) is 34.4 Å². The van der Waals surface area contributed by atoms with Crippen molar-refractivity contribution in [1.82, 2.24) is 15.0 Å². The highest BCUT2D eigenvalue weighted by molar-refractivity contribution is 7.99. The lowest BCUT2D eigenvalue weighted by molar-refractivity contribution is -0.137. The zero-order valence-corrected chi connectivity index (χ0v) is 18.5. The minimum atomic E-state index is -0.778. The van der Waals surface area contributed by atoms with Gasteiger partial charge in [-0.05, 0) is 35.6 Å². The third-order valence-corrected chi connectivity index (χ3v) is 6.68. The van der Waals surface area contributed by atoms with Crippen molar-refractivity contribution >= 4 is 17.7 Å². The topological polar surface area (TPSA) is 85.2 Å². The predicted molar refractivity (Wildman–Crippen MR) is 121 cm³/mol. The minimum Gasteiger partial charge on any atom is -0.481 e. The number of thioether (sulfide) groups is 1. The summed E-state index contributed by atoms with van der Waals surface area (Å²) in [6.07, 6.45) is 5.25. The number of hydrogen-bond acceptors (Lipinski definition) is 6. The smallest absolute Gasteiger partial charge is 0.303 e. The zero-order valence-electron chi connectivity index (χ0n) is 17.7. The monoisotopic (exact) mass is 435 g/mol. The first-order chi connectivity index (χ1) is 15.1. The Kier molecular flexibility index (Phi) is 6.51. The summed E-state index contributed by atoms with van der Waals surface area (Å²) < 4.78 is 5.97. The molecule has 0 spiro atoms. The molecular weight excluding hydrogens is 410 g/mol. The Morgan fingerprint density at radius 2 is 1.94 bits per heavy atom. The van der Waals surface area contributed by atoms with E-state index in [0.717, 1.165) is 57.1 Å². The van der Waals surface area contributed by atoms with E-state index < -0.39 is 5.97 Å². The molecule has 3 aromatic rings. The third-order valence-electron chi connectivity index (χ3n) is 5.45. The van der Waals surface area contributed by atoms with Gasteiger partial charge in [-0.2, -0.15) is 0 Å². The first kappa shape index (κ1) is 21.3. The summed E-state index contributed by atoms with van der Waals surface area (Å²) in [7, 11) is 0. The fraction of sp³-hybridized carbons (Fsp3) is 0.333. The molecule has 1 N–H and O–H groups in total. The van der Waals surface area contributed by atoms with Crippen LogP contribution < -0.4 is 4.74 Å². The molecule has 0 bridgehead atoms. The number of hydrogen-bond donors (Lipinski definition) is 1. The zero-order chi connectivity index (χ0) is 21.8. The molecule has 4 rings (SSSR count). The number of aryl methyl sites for hydroxylation is 2. The van der Waals surface area contributed by atoms with Crippen molar-refractivity contribution in [1.29, 1.82) is 0 Å². The van der Waals surface area contributed by atoms with Gasteiger partial charge in [0.05, 0.1) is 17.8 Å². The van der Waals surface area contributed by atoms with Gasteiger partial charge < -0.3 is 9.84 Å². The summed E-state index contributed by atoms with van der Waals surface area (Å²) in [6.45, 7) is 4.62. The van der Waals surface area contributed by atoms with Gasteiger partial charge >= 0.3 is 5.97 Å². The molecule has 1 aromatic carbocycles. The molecule has 0 amide bonds. The van der Waals surface area contributed by atoms with Gasteiger partial charge in [-0.3, -0.25) is 4.79 Å². The van der Waals surface area contributed by atoms with Crippen LogP contribution in [-0.2, 0) is 24.2 Å². The summed E-state index contributed by atoms with van der Waals surface area (Å²) in [4.78, 5) is 25.5. The first-order valence-corrected chi connectivity index (χ1v) is 11.5. The maximum Gasteiger partial charge on any atom is 0.303 e. The molecule has 7 heteroatoms. The molecule has 0 unspecified atom stereocenters. The molecule has 1 aliphatic heterocycles. The fourth-order valence-electron chi connectivity index (χ4n) is 3.91. The third kappa shape index (κ3) is 4.71. The van der Waals surface area contributed by atoms with Crippen LogP contribution in [0.1, 0.15) is 48.7 Å². The Morgan fingerprint density at radius 3 is 2.65 bits per heavy atom. The van der Waals surface area contributed by atoms with E-state index in [1.807, 2.05) is 18.2 Å². The molecule has 31 heavy (non-hydrogen) atoms. The highest BCUT2D eigenvalue weighted by Crippen LogP contribution is 2.42. The number of nitrogens with zero attached hydrogens (tertiary/aromatic N) is 3. The van der Waals surface area contributed by atoms with Crippen LogP contribution in [0.25, 0.3) is 11.1 Å². The van der Waals surface area contributed by atoms with Crippen LogP contribution in [0.3, 0.4) is 0 Å². The average molecular weight is 436 g/mol. The Morgan fingerprint density at radius 1 is 1.16 bits per heavy atom. The number of carboxylic acid groups (broad SMARTS) is 1.